The van der Waals surface area contributed by atoms with Crippen LogP contribution >= 0.6 is 23.2 Å². The summed E-state index contributed by atoms with van der Waals surface area (Å²) in [5, 5.41) is 12.7. The molecule has 0 saturated carbocycles. The number of fused-ring (bicyclic) bond motifs is 2. The molecule has 3 atom stereocenters. The highest BCUT2D eigenvalue weighted by molar-refractivity contribution is 7.89. The molecule has 11 nitrogen and oxygen atoms in total. The van der Waals surface area contributed by atoms with Gasteiger partial charge in [-0.25, -0.2) is 8.42 Å². The largest absolute Gasteiger partial charge is 0.384 e. The lowest BCUT2D eigenvalue weighted by Gasteiger charge is -2.40. The fourth-order valence-electron chi connectivity index (χ4n) is 4.87. The predicted octanol–water partition coefficient (Wildman–Crippen LogP) is 2.29. The van der Waals surface area contributed by atoms with Gasteiger partial charge in [0.2, 0.25) is 21.8 Å². The van der Waals surface area contributed by atoms with E-state index >= 15 is 0 Å². The first-order valence-corrected chi connectivity index (χ1v) is 13.3. The Morgan fingerprint density at radius 3 is 2.60 bits per heavy atom. The Balaban J connectivity index is 1.76. The van der Waals surface area contributed by atoms with E-state index < -0.39 is 28.0 Å². The fraction of sp³-hybridized carbons (Fsp3) is 0.524. The van der Waals surface area contributed by atoms with E-state index in [1.807, 2.05) is 0 Å². The zero-order chi connectivity index (χ0) is 25.3. The number of halogens is 2. The van der Waals surface area contributed by atoms with Crippen molar-refractivity contribution in [1.29, 1.82) is 0 Å². The van der Waals surface area contributed by atoms with Crippen molar-refractivity contribution >= 4 is 50.7 Å². The molecule has 0 aliphatic carbocycles. The molecule has 3 heterocycles. The van der Waals surface area contributed by atoms with Crippen LogP contribution in [0.4, 0.5) is 5.69 Å². The zero-order valence-corrected chi connectivity index (χ0v) is 21.5. The minimum absolute atomic E-state index is 0.0144. The van der Waals surface area contributed by atoms with Crippen LogP contribution < -0.4 is 5.32 Å². The second kappa shape index (κ2) is 10.4. The van der Waals surface area contributed by atoms with E-state index in [0.717, 1.165) is 0 Å². The van der Waals surface area contributed by atoms with Crippen molar-refractivity contribution in [3.63, 3.8) is 0 Å². The first-order chi connectivity index (χ1) is 16.6. The number of aromatic amines is 1. The molecular weight excluding hydrogens is 519 g/mol. The molecular formula is C21H26Cl2N6O5S. The number of hydrogen-bond donors (Lipinski definition) is 2. The van der Waals surface area contributed by atoms with Crippen molar-refractivity contribution < 1.29 is 22.7 Å². The Morgan fingerprint density at radius 1 is 1.29 bits per heavy atom. The van der Waals surface area contributed by atoms with Gasteiger partial charge in [-0.2, -0.15) is 4.31 Å². The standard InChI is InChI=1S/C21H26Cl2N6O5S/c1-12(30)25-20-16(22)6-15(7-17(20)23)35(32,33)29-18-4-3-5-19(29)21(31)28(9-13(18)11-34-2)10-14-8-24-27-26-14/h6-8,13,18-19H,3-5,9-11H2,1-2H3,(H,25,30)(H,24,26,27)/t13-,18-,19+/m1/s1. The van der Waals surface area contributed by atoms with Gasteiger partial charge in [0.15, 0.2) is 0 Å². The number of methoxy groups -OCH3 is 1. The van der Waals surface area contributed by atoms with Crippen molar-refractivity contribution in [1.82, 2.24) is 24.6 Å². The Labute approximate surface area is 213 Å². The minimum Gasteiger partial charge on any atom is -0.384 e. The van der Waals surface area contributed by atoms with Crippen molar-refractivity contribution in [2.45, 2.75) is 49.7 Å². The molecule has 2 aliphatic heterocycles. The van der Waals surface area contributed by atoms with Crippen molar-refractivity contribution in [2.24, 2.45) is 5.92 Å². The van der Waals surface area contributed by atoms with Gasteiger partial charge in [-0.3, -0.25) is 14.7 Å². The highest BCUT2D eigenvalue weighted by Gasteiger charge is 2.50. The van der Waals surface area contributed by atoms with E-state index in [0.29, 0.717) is 31.5 Å². The molecule has 35 heavy (non-hydrogen) atoms. The number of nitrogens with one attached hydrogen (secondary N) is 2. The topological polar surface area (TPSA) is 138 Å². The van der Waals surface area contributed by atoms with E-state index in [-0.39, 0.29) is 45.6 Å². The molecule has 1 aromatic heterocycles. The summed E-state index contributed by atoms with van der Waals surface area (Å²) in [6.45, 7) is 2.12. The molecule has 14 heteroatoms. The SMILES string of the molecule is COC[C@H]1CN(Cc2cnn[nH]2)C(=O)[C@@H]2CCC[C@H]1N2S(=O)(=O)c1cc(Cl)c(NC(C)=O)c(Cl)c1. The first kappa shape index (κ1) is 25.8. The lowest BCUT2D eigenvalue weighted by molar-refractivity contribution is -0.135. The third-order valence-corrected chi connectivity index (χ3v) is 8.81. The summed E-state index contributed by atoms with van der Waals surface area (Å²) in [4.78, 5) is 26.6. The average molecular weight is 545 g/mol. The van der Waals surface area contributed by atoms with Gasteiger partial charge in [-0.1, -0.05) is 28.4 Å². The van der Waals surface area contributed by atoms with Crippen LogP contribution in [0.3, 0.4) is 0 Å². The van der Waals surface area contributed by atoms with Gasteiger partial charge in [0, 0.05) is 32.5 Å². The number of hydrogen-bond acceptors (Lipinski definition) is 7. The molecule has 2 bridgehead atoms. The lowest BCUT2D eigenvalue weighted by atomic mass is 9.91. The normalized spacial score (nSPS) is 23.3. The van der Waals surface area contributed by atoms with Gasteiger partial charge in [0.05, 0.1) is 45.7 Å². The van der Waals surface area contributed by atoms with Crippen LogP contribution in [0.15, 0.2) is 23.2 Å². The smallest absolute Gasteiger partial charge is 0.244 e. The second-order valence-corrected chi connectivity index (χ2v) is 11.4. The van der Waals surface area contributed by atoms with Crippen LogP contribution in [0.2, 0.25) is 10.0 Å². The fourth-order valence-corrected chi connectivity index (χ4v) is 7.52. The van der Waals surface area contributed by atoms with E-state index in [2.05, 4.69) is 20.7 Å². The summed E-state index contributed by atoms with van der Waals surface area (Å²) >= 11 is 12.6. The van der Waals surface area contributed by atoms with Gasteiger partial charge in [0.25, 0.3) is 0 Å². The van der Waals surface area contributed by atoms with Crippen LogP contribution in [-0.2, 0) is 30.9 Å². The highest BCUT2D eigenvalue weighted by Crippen LogP contribution is 2.40. The molecule has 0 radical (unpaired) electrons. The third kappa shape index (κ3) is 5.17. The molecule has 2 aliphatic rings. The van der Waals surface area contributed by atoms with E-state index in [4.69, 9.17) is 27.9 Å². The third-order valence-electron chi connectivity index (χ3n) is 6.31. The number of amides is 2. The van der Waals surface area contributed by atoms with Gasteiger partial charge < -0.3 is 15.0 Å². The molecule has 4 rings (SSSR count). The summed E-state index contributed by atoms with van der Waals surface area (Å²) in [5.41, 5.74) is 0.774. The number of benzene rings is 1. The first-order valence-electron chi connectivity index (χ1n) is 11.1. The number of carbonyl (C=O) groups is 2. The number of H-pyrrole nitrogens is 1. The monoisotopic (exact) mass is 544 g/mol. The van der Waals surface area contributed by atoms with Gasteiger partial charge in [-0.05, 0) is 31.4 Å². The number of rotatable bonds is 7. The summed E-state index contributed by atoms with van der Waals surface area (Å²) in [6.07, 6.45) is 3.21. The summed E-state index contributed by atoms with van der Waals surface area (Å²) in [7, 11) is -2.64. The molecule has 2 N–H and O–H groups in total. The van der Waals surface area contributed by atoms with Crippen molar-refractivity contribution in [3.8, 4) is 0 Å². The molecule has 190 valence electrons. The summed E-state index contributed by atoms with van der Waals surface area (Å²) in [6, 6.07) is 1.15. The van der Waals surface area contributed by atoms with Gasteiger partial charge in [0.1, 0.15) is 6.04 Å². The lowest BCUT2D eigenvalue weighted by Crippen LogP contribution is -2.55. The number of piperidine rings is 1. The van der Waals surface area contributed by atoms with Crippen LogP contribution in [0, 0.1) is 5.92 Å². The Kier molecular flexibility index (Phi) is 7.67. The molecule has 1 aromatic carbocycles. The quantitative estimate of drug-likeness (QED) is 0.545. The number of aromatic nitrogens is 3. The molecule has 2 fully saturated rings. The van der Waals surface area contributed by atoms with Gasteiger partial charge >= 0.3 is 0 Å². The maximum atomic E-state index is 14.0. The van der Waals surface area contributed by atoms with Gasteiger partial charge in [-0.15, -0.1) is 5.10 Å². The van der Waals surface area contributed by atoms with E-state index in [1.165, 1.54) is 29.6 Å². The number of ether oxygens (including phenoxy) is 1. The van der Waals surface area contributed by atoms with Crippen LogP contribution in [0.5, 0.6) is 0 Å². The minimum atomic E-state index is -4.19. The molecule has 0 unspecified atom stereocenters. The van der Waals surface area contributed by atoms with Crippen molar-refractivity contribution in [2.75, 3.05) is 25.6 Å². The van der Waals surface area contributed by atoms with Crippen molar-refractivity contribution in [3.05, 3.63) is 34.1 Å². The maximum absolute atomic E-state index is 14.0. The van der Waals surface area contributed by atoms with Crippen LogP contribution in [0.25, 0.3) is 0 Å². The van der Waals surface area contributed by atoms with Crippen LogP contribution in [-0.4, -0.2) is 77.2 Å². The van der Waals surface area contributed by atoms with Crippen LogP contribution in [0.1, 0.15) is 31.9 Å². The van der Waals surface area contributed by atoms with E-state index in [1.54, 1.807) is 12.0 Å². The number of carbonyl (C=O) groups excluding carboxylic acids is 2. The zero-order valence-electron chi connectivity index (χ0n) is 19.2. The molecule has 2 saturated heterocycles. The number of anilines is 1. The Morgan fingerprint density at radius 2 is 2.00 bits per heavy atom. The average Bonchev–Trinajstić information content (AvgIpc) is 3.30. The summed E-state index contributed by atoms with van der Waals surface area (Å²) in [5.74, 6) is -0.949. The van der Waals surface area contributed by atoms with E-state index in [9.17, 15) is 18.0 Å². The molecule has 2 aromatic rings. The Hall–Kier alpha value is -2.25. The molecule has 0 spiro atoms. The number of sulfonamides is 1. The highest BCUT2D eigenvalue weighted by atomic mass is 35.5. The second-order valence-electron chi connectivity index (χ2n) is 8.71. The molecule has 2 amide bonds. The summed E-state index contributed by atoms with van der Waals surface area (Å²) < 4.78 is 34.7. The number of nitrogens with zero attached hydrogens (tertiary/aromatic N) is 4. The maximum Gasteiger partial charge on any atom is 0.244 e. The Bertz CT molecular complexity index is 1190. The predicted molar refractivity (Wildman–Crippen MR) is 128 cm³/mol.